The first-order valence-corrected chi connectivity index (χ1v) is 8.86. The Hall–Kier alpha value is -2.00. The van der Waals surface area contributed by atoms with E-state index in [9.17, 15) is 21.6 Å². The topological polar surface area (TPSA) is 59.8 Å². The minimum Gasteiger partial charge on any atom is -0.465 e. The number of hydrogen-bond acceptors (Lipinski definition) is 4. The molecule has 0 N–H and O–H groups in total. The first-order chi connectivity index (χ1) is 11.5. The Morgan fingerprint density at radius 1 is 1.20 bits per heavy atom. The van der Waals surface area contributed by atoms with Gasteiger partial charge in [0.1, 0.15) is 17.3 Å². The van der Waals surface area contributed by atoms with Crippen LogP contribution in [0.15, 0.2) is 45.7 Å². The third-order valence-electron chi connectivity index (χ3n) is 3.33. The highest BCUT2D eigenvalue weighted by Gasteiger charge is 2.33. The van der Waals surface area contributed by atoms with Gasteiger partial charge in [-0.1, -0.05) is 6.07 Å². The fraction of sp³-hybridized carbons (Fsp3) is 0.375. The smallest absolute Gasteiger partial charge is 0.465 e. The lowest BCUT2D eigenvalue weighted by Crippen LogP contribution is -2.36. The van der Waals surface area contributed by atoms with Crippen molar-refractivity contribution in [2.75, 3.05) is 0 Å². The van der Waals surface area contributed by atoms with Crippen LogP contribution in [0.3, 0.4) is 0 Å². The third-order valence-corrected chi connectivity index (χ3v) is 5.35. The number of furan rings is 1. The number of aryl methyl sites for hydroxylation is 1. The van der Waals surface area contributed by atoms with Crippen LogP contribution in [0, 0.1) is 6.92 Å². The van der Waals surface area contributed by atoms with Crippen molar-refractivity contribution in [3.8, 4) is 5.75 Å². The van der Waals surface area contributed by atoms with Crippen molar-refractivity contribution < 1.29 is 30.7 Å². The number of sulfonamides is 1. The van der Waals surface area contributed by atoms with Crippen molar-refractivity contribution in [2.45, 2.75) is 44.6 Å². The van der Waals surface area contributed by atoms with Crippen molar-refractivity contribution in [2.24, 2.45) is 0 Å². The van der Waals surface area contributed by atoms with Crippen molar-refractivity contribution in [3.05, 3.63) is 47.9 Å². The van der Waals surface area contributed by atoms with E-state index in [4.69, 9.17) is 4.42 Å². The van der Waals surface area contributed by atoms with Crippen LogP contribution in [0.2, 0.25) is 0 Å². The first kappa shape index (κ1) is 19.3. The largest absolute Gasteiger partial charge is 0.573 e. The molecule has 0 aliphatic rings. The number of halogens is 3. The summed E-state index contributed by atoms with van der Waals surface area (Å²) >= 11 is 0. The van der Waals surface area contributed by atoms with Gasteiger partial charge in [0.15, 0.2) is 0 Å². The predicted octanol–water partition coefficient (Wildman–Crippen LogP) is 4.09. The summed E-state index contributed by atoms with van der Waals surface area (Å²) in [6, 6.07) is 7.25. The minimum absolute atomic E-state index is 0.0296. The number of nitrogens with zero attached hydrogens (tertiary/aromatic N) is 1. The Bertz CT molecular complexity index is 828. The summed E-state index contributed by atoms with van der Waals surface area (Å²) in [6.07, 6.45) is -4.90. The molecule has 0 aliphatic heterocycles. The van der Waals surface area contributed by atoms with Gasteiger partial charge in [-0.3, -0.25) is 0 Å². The zero-order valence-corrected chi connectivity index (χ0v) is 14.7. The van der Waals surface area contributed by atoms with E-state index < -0.39 is 28.2 Å². The average Bonchev–Trinajstić information content (AvgIpc) is 2.88. The van der Waals surface area contributed by atoms with E-state index in [-0.39, 0.29) is 11.4 Å². The van der Waals surface area contributed by atoms with Gasteiger partial charge in [0.2, 0.25) is 10.0 Å². The van der Waals surface area contributed by atoms with Gasteiger partial charge in [-0.25, -0.2) is 8.42 Å². The molecule has 0 atom stereocenters. The molecule has 2 aromatic rings. The zero-order valence-electron chi connectivity index (χ0n) is 13.9. The van der Waals surface area contributed by atoms with Crippen LogP contribution in [0.4, 0.5) is 13.2 Å². The van der Waals surface area contributed by atoms with Gasteiger partial charge < -0.3 is 9.15 Å². The summed E-state index contributed by atoms with van der Waals surface area (Å²) in [5.74, 6) is 0.486. The molecule has 1 aromatic heterocycles. The molecule has 138 valence electrons. The molecule has 1 heterocycles. The highest BCUT2D eigenvalue weighted by atomic mass is 32.2. The number of hydrogen-bond donors (Lipinski definition) is 0. The molecule has 0 bridgehead atoms. The second-order valence-corrected chi connectivity index (χ2v) is 7.57. The molecule has 0 spiro atoms. The van der Waals surface area contributed by atoms with E-state index in [1.165, 1.54) is 12.1 Å². The summed E-state index contributed by atoms with van der Waals surface area (Å²) in [6.45, 7) is 5.04. The highest BCUT2D eigenvalue weighted by molar-refractivity contribution is 7.89. The van der Waals surface area contributed by atoms with E-state index in [2.05, 4.69) is 4.74 Å². The maximum absolute atomic E-state index is 12.9. The van der Waals surface area contributed by atoms with E-state index in [0.717, 1.165) is 16.4 Å². The lowest BCUT2D eigenvalue weighted by molar-refractivity contribution is -0.274. The number of benzene rings is 1. The second kappa shape index (κ2) is 7.09. The molecule has 0 saturated heterocycles. The normalized spacial score (nSPS) is 12.8. The van der Waals surface area contributed by atoms with Crippen LogP contribution in [-0.4, -0.2) is 25.1 Å². The molecule has 5 nitrogen and oxygen atoms in total. The lowest BCUT2D eigenvalue weighted by atomic mass is 10.3. The van der Waals surface area contributed by atoms with Crippen LogP contribution in [0.1, 0.15) is 25.4 Å². The van der Waals surface area contributed by atoms with E-state index in [1.807, 2.05) is 0 Å². The average molecular weight is 377 g/mol. The first-order valence-electron chi connectivity index (χ1n) is 7.42. The van der Waals surface area contributed by atoms with E-state index in [0.29, 0.717) is 11.5 Å². The Balaban J connectivity index is 2.35. The van der Waals surface area contributed by atoms with Crippen LogP contribution in [0.25, 0.3) is 0 Å². The van der Waals surface area contributed by atoms with Crippen molar-refractivity contribution >= 4 is 10.0 Å². The highest BCUT2D eigenvalue weighted by Crippen LogP contribution is 2.28. The number of alkyl halides is 3. The van der Waals surface area contributed by atoms with Crippen LogP contribution < -0.4 is 4.74 Å². The van der Waals surface area contributed by atoms with Crippen LogP contribution in [0.5, 0.6) is 5.75 Å². The van der Waals surface area contributed by atoms with Gasteiger partial charge in [-0.2, -0.15) is 4.31 Å². The number of ether oxygens (including phenoxy) is 1. The van der Waals surface area contributed by atoms with Crippen LogP contribution >= 0.6 is 0 Å². The lowest BCUT2D eigenvalue weighted by Gasteiger charge is -2.25. The number of rotatable bonds is 6. The molecule has 25 heavy (non-hydrogen) atoms. The molecule has 0 fully saturated rings. The Kier molecular flexibility index (Phi) is 5.48. The summed E-state index contributed by atoms with van der Waals surface area (Å²) in [5, 5.41) is 0. The monoisotopic (exact) mass is 377 g/mol. The van der Waals surface area contributed by atoms with Crippen molar-refractivity contribution in [1.29, 1.82) is 0 Å². The molecule has 1 aromatic carbocycles. The maximum atomic E-state index is 12.9. The quantitative estimate of drug-likeness (QED) is 0.761. The van der Waals surface area contributed by atoms with E-state index in [1.54, 1.807) is 32.9 Å². The summed E-state index contributed by atoms with van der Waals surface area (Å²) < 4.78 is 73.1. The summed E-state index contributed by atoms with van der Waals surface area (Å²) in [4.78, 5) is -0.286. The molecule has 0 radical (unpaired) electrons. The summed E-state index contributed by atoms with van der Waals surface area (Å²) in [5.41, 5.74) is 0. The molecule has 9 heteroatoms. The van der Waals surface area contributed by atoms with Gasteiger partial charge in [-0.15, -0.1) is 13.2 Å². The van der Waals surface area contributed by atoms with Crippen molar-refractivity contribution in [3.63, 3.8) is 0 Å². The molecular weight excluding hydrogens is 359 g/mol. The molecule has 2 rings (SSSR count). The second-order valence-electron chi connectivity index (χ2n) is 5.68. The molecule has 0 aliphatic carbocycles. The molecule has 0 saturated carbocycles. The van der Waals surface area contributed by atoms with Gasteiger partial charge in [0.25, 0.3) is 0 Å². The molecule has 0 unspecified atom stereocenters. The van der Waals surface area contributed by atoms with Gasteiger partial charge >= 0.3 is 6.36 Å². The Morgan fingerprint density at radius 3 is 2.40 bits per heavy atom. The molecular formula is C16H18F3NO4S. The third kappa shape index (κ3) is 4.99. The molecule has 0 amide bonds. The van der Waals surface area contributed by atoms with Gasteiger partial charge in [0, 0.05) is 12.1 Å². The summed E-state index contributed by atoms with van der Waals surface area (Å²) in [7, 11) is -4.04. The van der Waals surface area contributed by atoms with E-state index >= 15 is 0 Å². The van der Waals surface area contributed by atoms with Gasteiger partial charge in [0.05, 0.1) is 11.4 Å². The maximum Gasteiger partial charge on any atom is 0.573 e. The fourth-order valence-corrected chi connectivity index (χ4v) is 3.87. The SMILES string of the molecule is Cc1ccc(CN(C(C)C)S(=O)(=O)c2cccc(OC(F)(F)F)c2)o1. The van der Waals surface area contributed by atoms with Crippen LogP contribution in [-0.2, 0) is 16.6 Å². The Labute approximate surface area is 144 Å². The fourth-order valence-electron chi connectivity index (χ4n) is 2.24. The predicted molar refractivity (Wildman–Crippen MR) is 84.4 cm³/mol. The Morgan fingerprint density at radius 2 is 1.88 bits per heavy atom. The standard InChI is InChI=1S/C16H18F3NO4S/c1-11(2)20(10-14-8-7-12(3)23-14)25(21,22)15-6-4-5-13(9-15)24-16(17,18)19/h4-9,11H,10H2,1-3H3. The van der Waals surface area contributed by atoms with Crippen molar-refractivity contribution in [1.82, 2.24) is 4.31 Å². The zero-order chi connectivity index (χ0) is 18.8. The minimum atomic E-state index is -4.90. The van der Waals surface area contributed by atoms with Gasteiger partial charge in [-0.05, 0) is 45.0 Å².